The van der Waals surface area contributed by atoms with E-state index in [2.05, 4.69) is 57.3 Å². The molecule has 1 aliphatic heterocycles. The Bertz CT molecular complexity index is 861. The number of rotatable bonds is 3. The lowest BCUT2D eigenvalue weighted by molar-refractivity contribution is 0.371. The molecule has 0 bridgehead atoms. The predicted molar refractivity (Wildman–Crippen MR) is 97.5 cm³/mol. The number of aromatic nitrogens is 3. The van der Waals surface area contributed by atoms with Gasteiger partial charge in [0, 0.05) is 24.7 Å². The zero-order valence-corrected chi connectivity index (χ0v) is 14.6. The van der Waals surface area contributed by atoms with E-state index >= 15 is 0 Å². The monoisotopic (exact) mass is 334 g/mol. The Hall–Kier alpha value is -2.69. The zero-order valence-electron chi connectivity index (χ0n) is 14.6. The summed E-state index contributed by atoms with van der Waals surface area (Å²) in [5.74, 6) is 2.10. The van der Waals surface area contributed by atoms with Crippen molar-refractivity contribution in [2.75, 3.05) is 18.0 Å². The summed E-state index contributed by atoms with van der Waals surface area (Å²) < 4.78 is 5.39. The van der Waals surface area contributed by atoms with Crippen LogP contribution in [0.15, 0.2) is 53.2 Å². The maximum Gasteiger partial charge on any atom is 0.261 e. The zero-order chi connectivity index (χ0) is 17.3. The number of hydrogen-bond donors (Lipinski definition) is 0. The molecule has 1 aliphatic rings. The number of pyridine rings is 1. The molecule has 5 nitrogen and oxygen atoms in total. The average Bonchev–Trinajstić information content (AvgIpc) is 3.09. The summed E-state index contributed by atoms with van der Waals surface area (Å²) in [5.41, 5.74) is 2.39. The van der Waals surface area contributed by atoms with Crippen molar-refractivity contribution in [1.29, 1.82) is 0 Å². The first-order chi connectivity index (χ1) is 12.2. The van der Waals surface area contributed by atoms with E-state index in [1.807, 2.05) is 25.3 Å². The van der Waals surface area contributed by atoms with Crippen LogP contribution in [0.25, 0.3) is 11.5 Å². The highest BCUT2D eigenvalue weighted by atomic mass is 16.5. The summed E-state index contributed by atoms with van der Waals surface area (Å²) in [6.45, 7) is 6.08. The minimum absolute atomic E-state index is 0.110. The first kappa shape index (κ1) is 15.8. The molecule has 0 spiro atoms. The second-order valence-electron chi connectivity index (χ2n) is 6.97. The van der Waals surface area contributed by atoms with E-state index in [-0.39, 0.29) is 5.41 Å². The number of nitrogens with zero attached hydrogens (tertiary/aromatic N) is 4. The predicted octanol–water partition coefficient (Wildman–Crippen LogP) is 4.00. The summed E-state index contributed by atoms with van der Waals surface area (Å²) in [6.07, 6.45) is 4.14. The van der Waals surface area contributed by atoms with Gasteiger partial charge in [0.25, 0.3) is 5.89 Å². The standard InChI is InChI=1S/C20H22N4O/c1-15-22-19(25-23-15)17-10-6-12-21-18(17)24-13-7-11-20(2,14-24)16-8-4-3-5-9-16/h3-6,8-10,12H,7,11,13-14H2,1-2H3/t20-/m1/s1. The normalized spacial score (nSPS) is 20.6. The van der Waals surface area contributed by atoms with Crippen LogP contribution in [-0.4, -0.2) is 28.2 Å². The molecule has 5 heteroatoms. The molecular weight excluding hydrogens is 312 g/mol. The fraction of sp³-hybridized carbons (Fsp3) is 0.350. The van der Waals surface area contributed by atoms with Crippen LogP contribution in [0.5, 0.6) is 0 Å². The van der Waals surface area contributed by atoms with Crippen molar-refractivity contribution in [2.45, 2.75) is 32.1 Å². The van der Waals surface area contributed by atoms with Gasteiger partial charge in [0.1, 0.15) is 5.82 Å². The Morgan fingerprint density at radius 2 is 1.96 bits per heavy atom. The van der Waals surface area contributed by atoms with Crippen molar-refractivity contribution in [3.8, 4) is 11.5 Å². The molecule has 1 fully saturated rings. The molecule has 0 aliphatic carbocycles. The highest BCUT2D eigenvalue weighted by Crippen LogP contribution is 2.37. The molecular formula is C20H22N4O. The molecule has 0 saturated carbocycles. The first-order valence-corrected chi connectivity index (χ1v) is 8.72. The first-order valence-electron chi connectivity index (χ1n) is 8.72. The van der Waals surface area contributed by atoms with E-state index in [0.717, 1.165) is 30.9 Å². The Morgan fingerprint density at radius 1 is 1.12 bits per heavy atom. The highest BCUT2D eigenvalue weighted by Gasteiger charge is 2.34. The Morgan fingerprint density at radius 3 is 2.72 bits per heavy atom. The molecule has 0 unspecified atom stereocenters. The molecule has 1 atom stereocenters. The van der Waals surface area contributed by atoms with Gasteiger partial charge in [-0.3, -0.25) is 0 Å². The molecule has 0 radical (unpaired) electrons. The topological polar surface area (TPSA) is 55.1 Å². The van der Waals surface area contributed by atoms with Crippen molar-refractivity contribution in [2.24, 2.45) is 0 Å². The van der Waals surface area contributed by atoms with Gasteiger partial charge in [-0.25, -0.2) is 4.98 Å². The van der Waals surface area contributed by atoms with Crippen LogP contribution in [0.1, 0.15) is 31.2 Å². The van der Waals surface area contributed by atoms with Crippen LogP contribution < -0.4 is 4.90 Å². The minimum Gasteiger partial charge on any atom is -0.355 e. The summed E-state index contributed by atoms with van der Waals surface area (Å²) in [6, 6.07) is 14.7. The number of hydrogen-bond acceptors (Lipinski definition) is 5. The van der Waals surface area contributed by atoms with E-state index in [1.54, 1.807) is 0 Å². The summed E-state index contributed by atoms with van der Waals surface area (Å²) >= 11 is 0. The summed E-state index contributed by atoms with van der Waals surface area (Å²) in [7, 11) is 0. The van der Waals surface area contributed by atoms with Crippen molar-refractivity contribution >= 4 is 5.82 Å². The van der Waals surface area contributed by atoms with Gasteiger partial charge < -0.3 is 9.42 Å². The van der Waals surface area contributed by atoms with Gasteiger partial charge in [-0.15, -0.1) is 0 Å². The quantitative estimate of drug-likeness (QED) is 0.725. The second kappa shape index (κ2) is 6.31. The van der Waals surface area contributed by atoms with Crippen LogP contribution in [0.2, 0.25) is 0 Å². The van der Waals surface area contributed by atoms with Crippen LogP contribution >= 0.6 is 0 Å². The molecule has 0 N–H and O–H groups in total. The summed E-state index contributed by atoms with van der Waals surface area (Å²) in [5, 5.41) is 3.92. The fourth-order valence-corrected chi connectivity index (χ4v) is 3.72. The van der Waals surface area contributed by atoms with Gasteiger partial charge in [-0.2, -0.15) is 4.98 Å². The molecule has 3 heterocycles. The minimum atomic E-state index is 0.110. The van der Waals surface area contributed by atoms with Crippen LogP contribution in [0.4, 0.5) is 5.82 Å². The van der Waals surface area contributed by atoms with Crippen molar-refractivity contribution in [1.82, 2.24) is 15.1 Å². The largest absolute Gasteiger partial charge is 0.355 e. The molecule has 128 valence electrons. The van der Waals surface area contributed by atoms with Crippen molar-refractivity contribution in [3.05, 3.63) is 60.0 Å². The van der Waals surface area contributed by atoms with Crippen LogP contribution in [0.3, 0.4) is 0 Å². The Kier molecular flexibility index (Phi) is 3.99. The molecule has 2 aromatic heterocycles. The van der Waals surface area contributed by atoms with E-state index in [9.17, 15) is 0 Å². The fourth-order valence-electron chi connectivity index (χ4n) is 3.72. The molecule has 4 rings (SSSR count). The maximum atomic E-state index is 5.39. The number of benzene rings is 1. The van der Waals surface area contributed by atoms with Gasteiger partial charge in [-0.1, -0.05) is 42.4 Å². The third kappa shape index (κ3) is 3.02. The third-order valence-electron chi connectivity index (χ3n) is 5.01. The van der Waals surface area contributed by atoms with E-state index < -0.39 is 0 Å². The number of anilines is 1. The van der Waals surface area contributed by atoms with Gasteiger partial charge >= 0.3 is 0 Å². The van der Waals surface area contributed by atoms with E-state index in [4.69, 9.17) is 4.52 Å². The highest BCUT2D eigenvalue weighted by molar-refractivity contribution is 5.70. The Labute approximate surface area is 147 Å². The van der Waals surface area contributed by atoms with Crippen molar-refractivity contribution < 1.29 is 4.52 Å². The second-order valence-corrected chi connectivity index (χ2v) is 6.97. The van der Waals surface area contributed by atoms with Crippen LogP contribution in [-0.2, 0) is 5.41 Å². The lowest BCUT2D eigenvalue weighted by Crippen LogP contribution is -2.45. The maximum absolute atomic E-state index is 5.39. The third-order valence-corrected chi connectivity index (χ3v) is 5.01. The Balaban J connectivity index is 1.69. The van der Waals surface area contributed by atoms with Crippen LogP contribution in [0, 0.1) is 6.92 Å². The molecule has 1 aromatic carbocycles. The molecule has 25 heavy (non-hydrogen) atoms. The molecule has 0 amide bonds. The smallest absolute Gasteiger partial charge is 0.261 e. The lowest BCUT2D eigenvalue weighted by atomic mass is 9.76. The lowest BCUT2D eigenvalue weighted by Gasteiger charge is -2.42. The summed E-state index contributed by atoms with van der Waals surface area (Å²) in [4.78, 5) is 11.4. The molecule has 1 saturated heterocycles. The molecule has 3 aromatic rings. The average molecular weight is 334 g/mol. The van der Waals surface area contributed by atoms with E-state index in [1.165, 1.54) is 12.0 Å². The number of aryl methyl sites for hydroxylation is 1. The van der Waals surface area contributed by atoms with Gasteiger partial charge in [0.2, 0.25) is 0 Å². The van der Waals surface area contributed by atoms with Crippen molar-refractivity contribution in [3.63, 3.8) is 0 Å². The number of piperidine rings is 1. The van der Waals surface area contributed by atoms with Gasteiger partial charge in [0.05, 0.1) is 5.56 Å². The SMILES string of the molecule is Cc1noc(-c2cccnc2N2CCC[C@@](C)(c3ccccc3)C2)n1. The van der Waals surface area contributed by atoms with Gasteiger partial charge in [-0.05, 0) is 37.5 Å². The van der Waals surface area contributed by atoms with Gasteiger partial charge in [0.15, 0.2) is 5.82 Å². The van der Waals surface area contributed by atoms with E-state index in [0.29, 0.717) is 11.7 Å².